The van der Waals surface area contributed by atoms with Gasteiger partial charge in [-0.25, -0.2) is 0 Å². The third-order valence-corrected chi connectivity index (χ3v) is 4.61. The van der Waals surface area contributed by atoms with Crippen LogP contribution in [0.25, 0.3) is 5.57 Å². The molecule has 100 valence electrons. The van der Waals surface area contributed by atoms with E-state index in [-0.39, 0.29) is 11.7 Å². The molecule has 0 saturated carbocycles. The van der Waals surface area contributed by atoms with Crippen molar-refractivity contribution in [1.29, 1.82) is 0 Å². The molecule has 0 radical (unpaired) electrons. The normalized spacial score (nSPS) is 15.3. The number of rotatable bonds is 2. The van der Waals surface area contributed by atoms with Crippen molar-refractivity contribution >= 4 is 34.2 Å². The van der Waals surface area contributed by atoms with Crippen molar-refractivity contribution in [3.8, 4) is 0 Å². The van der Waals surface area contributed by atoms with Crippen LogP contribution in [-0.2, 0) is 10.5 Å². The maximum absolute atomic E-state index is 11.1. The molecule has 1 aliphatic rings. The third-order valence-electron chi connectivity index (χ3n) is 3.33. The van der Waals surface area contributed by atoms with Crippen LogP contribution in [0, 0.1) is 0 Å². The standard InChI is InChI=1S/C17H13ClOS/c18-17(19)10-9-14-13-6-2-1-5-12(13)11-20-16-8-4-3-7-15(14)16/h1-9H,10-11H2/b14-9-. The minimum atomic E-state index is -0.329. The number of benzene rings is 2. The summed E-state index contributed by atoms with van der Waals surface area (Å²) in [5, 5.41) is -0.329. The second-order valence-electron chi connectivity index (χ2n) is 4.62. The molecule has 1 heterocycles. The van der Waals surface area contributed by atoms with E-state index in [9.17, 15) is 4.79 Å². The lowest BCUT2D eigenvalue weighted by molar-refractivity contribution is -0.110. The van der Waals surface area contributed by atoms with Crippen LogP contribution in [0.2, 0.25) is 0 Å². The highest BCUT2D eigenvalue weighted by Crippen LogP contribution is 2.39. The second kappa shape index (κ2) is 5.86. The van der Waals surface area contributed by atoms with E-state index >= 15 is 0 Å². The van der Waals surface area contributed by atoms with Crippen molar-refractivity contribution in [3.05, 3.63) is 71.3 Å². The Labute approximate surface area is 127 Å². The summed E-state index contributed by atoms with van der Waals surface area (Å²) in [5.41, 5.74) is 4.78. The molecule has 0 atom stereocenters. The number of hydrogen-bond acceptors (Lipinski definition) is 2. The second-order valence-corrected chi connectivity index (χ2v) is 6.06. The van der Waals surface area contributed by atoms with Gasteiger partial charge in [0, 0.05) is 17.1 Å². The van der Waals surface area contributed by atoms with Gasteiger partial charge in [0.25, 0.3) is 0 Å². The minimum Gasteiger partial charge on any atom is -0.281 e. The molecule has 0 saturated heterocycles. The van der Waals surface area contributed by atoms with Gasteiger partial charge in [0.05, 0.1) is 0 Å². The van der Waals surface area contributed by atoms with Gasteiger partial charge in [-0.05, 0) is 39.9 Å². The van der Waals surface area contributed by atoms with Gasteiger partial charge in [-0.2, -0.15) is 0 Å². The van der Waals surface area contributed by atoms with Crippen LogP contribution in [0.15, 0.2) is 59.5 Å². The number of thioether (sulfide) groups is 1. The van der Waals surface area contributed by atoms with Crippen LogP contribution in [-0.4, -0.2) is 5.24 Å². The third kappa shape index (κ3) is 2.67. The van der Waals surface area contributed by atoms with E-state index in [0.717, 1.165) is 11.3 Å². The average Bonchev–Trinajstić information content (AvgIpc) is 2.62. The van der Waals surface area contributed by atoms with Gasteiger partial charge in [0.15, 0.2) is 0 Å². The smallest absolute Gasteiger partial charge is 0.225 e. The summed E-state index contributed by atoms with van der Waals surface area (Å²) in [7, 11) is 0. The van der Waals surface area contributed by atoms with Gasteiger partial charge < -0.3 is 0 Å². The Morgan fingerprint density at radius 1 is 1.10 bits per heavy atom. The summed E-state index contributed by atoms with van der Waals surface area (Å²) in [6.45, 7) is 0. The molecule has 3 rings (SSSR count). The Bertz CT molecular complexity index is 641. The number of hydrogen-bond donors (Lipinski definition) is 0. The van der Waals surface area contributed by atoms with Gasteiger partial charge in [0.1, 0.15) is 0 Å². The van der Waals surface area contributed by atoms with E-state index in [4.69, 9.17) is 11.6 Å². The van der Waals surface area contributed by atoms with Gasteiger partial charge in [-0.1, -0.05) is 48.5 Å². The van der Waals surface area contributed by atoms with Crippen LogP contribution in [0.4, 0.5) is 0 Å². The first-order valence-electron chi connectivity index (χ1n) is 6.44. The number of allylic oxidation sites excluding steroid dienone is 1. The molecule has 0 aromatic heterocycles. The fraction of sp³-hybridized carbons (Fsp3) is 0.118. The van der Waals surface area contributed by atoms with Crippen LogP contribution >= 0.6 is 23.4 Å². The number of halogens is 1. The van der Waals surface area contributed by atoms with E-state index < -0.39 is 0 Å². The van der Waals surface area contributed by atoms with Crippen molar-refractivity contribution in [2.24, 2.45) is 0 Å². The quantitative estimate of drug-likeness (QED) is 0.735. The van der Waals surface area contributed by atoms with Crippen molar-refractivity contribution in [2.75, 3.05) is 0 Å². The molecule has 0 N–H and O–H groups in total. The zero-order chi connectivity index (χ0) is 13.9. The Morgan fingerprint density at radius 2 is 1.80 bits per heavy atom. The van der Waals surface area contributed by atoms with Crippen molar-refractivity contribution in [1.82, 2.24) is 0 Å². The molecule has 0 aliphatic carbocycles. The lowest BCUT2D eigenvalue weighted by atomic mass is 9.94. The summed E-state index contributed by atoms with van der Waals surface area (Å²) in [6, 6.07) is 16.7. The molecule has 1 nitrogen and oxygen atoms in total. The van der Waals surface area contributed by atoms with Gasteiger partial charge in [-0.15, -0.1) is 11.8 Å². The van der Waals surface area contributed by atoms with Gasteiger partial charge in [0.2, 0.25) is 5.24 Å². The highest BCUT2D eigenvalue weighted by atomic mass is 35.5. The van der Waals surface area contributed by atoms with E-state index in [1.807, 2.05) is 36.0 Å². The SMILES string of the molecule is O=C(Cl)C/C=C1/c2ccccc2CSc2ccccc21. The summed E-state index contributed by atoms with van der Waals surface area (Å²) in [5.74, 6) is 0.944. The Kier molecular flexibility index (Phi) is 3.95. The monoisotopic (exact) mass is 300 g/mol. The van der Waals surface area contributed by atoms with E-state index in [1.54, 1.807) is 0 Å². The molecule has 0 amide bonds. The molecular formula is C17H13ClOS. The Balaban J connectivity index is 2.19. The predicted octanol–water partition coefficient (Wildman–Crippen LogP) is 4.88. The lowest BCUT2D eigenvalue weighted by Crippen LogP contribution is -1.93. The van der Waals surface area contributed by atoms with E-state index in [0.29, 0.717) is 0 Å². The summed E-state index contributed by atoms with van der Waals surface area (Å²) >= 11 is 7.33. The first-order valence-corrected chi connectivity index (χ1v) is 7.81. The van der Waals surface area contributed by atoms with Crippen molar-refractivity contribution < 1.29 is 4.79 Å². The molecule has 0 bridgehead atoms. The lowest BCUT2D eigenvalue weighted by Gasteiger charge is -2.10. The minimum absolute atomic E-state index is 0.254. The highest BCUT2D eigenvalue weighted by Gasteiger charge is 2.17. The molecule has 3 heteroatoms. The zero-order valence-electron chi connectivity index (χ0n) is 10.8. The maximum atomic E-state index is 11.1. The van der Waals surface area contributed by atoms with Gasteiger partial charge in [-0.3, -0.25) is 4.79 Å². The Hall–Kier alpha value is -1.51. The molecular weight excluding hydrogens is 288 g/mol. The molecule has 20 heavy (non-hydrogen) atoms. The summed E-state index contributed by atoms with van der Waals surface area (Å²) in [6.07, 6.45) is 2.20. The fourth-order valence-electron chi connectivity index (χ4n) is 2.43. The average molecular weight is 301 g/mol. The molecule has 2 aromatic rings. The van der Waals surface area contributed by atoms with Crippen LogP contribution in [0.5, 0.6) is 0 Å². The molecule has 1 aliphatic heterocycles. The maximum Gasteiger partial charge on any atom is 0.225 e. The largest absolute Gasteiger partial charge is 0.281 e. The molecule has 0 spiro atoms. The number of fused-ring (bicyclic) bond motifs is 2. The van der Waals surface area contributed by atoms with Crippen LogP contribution < -0.4 is 0 Å². The topological polar surface area (TPSA) is 17.1 Å². The summed E-state index contributed by atoms with van der Waals surface area (Å²) in [4.78, 5) is 12.4. The Morgan fingerprint density at radius 3 is 2.60 bits per heavy atom. The van der Waals surface area contributed by atoms with Crippen LogP contribution in [0.3, 0.4) is 0 Å². The van der Waals surface area contributed by atoms with Gasteiger partial charge >= 0.3 is 0 Å². The fourth-order valence-corrected chi connectivity index (χ4v) is 3.57. The number of carbonyl (C=O) groups is 1. The number of carbonyl (C=O) groups excluding carboxylic acids is 1. The van der Waals surface area contributed by atoms with E-state index in [2.05, 4.69) is 30.3 Å². The van der Waals surface area contributed by atoms with Crippen molar-refractivity contribution in [3.63, 3.8) is 0 Å². The van der Waals surface area contributed by atoms with E-state index in [1.165, 1.54) is 21.6 Å². The molecule has 0 unspecified atom stereocenters. The highest BCUT2D eigenvalue weighted by molar-refractivity contribution is 7.98. The first kappa shape index (κ1) is 13.5. The summed E-state index contributed by atoms with van der Waals surface area (Å²) < 4.78 is 0. The van der Waals surface area contributed by atoms with Crippen molar-refractivity contribution in [2.45, 2.75) is 17.1 Å². The molecule has 0 fully saturated rings. The first-order chi connectivity index (χ1) is 9.75. The molecule has 2 aromatic carbocycles. The predicted molar refractivity (Wildman–Crippen MR) is 85.0 cm³/mol. The van der Waals surface area contributed by atoms with Crippen LogP contribution in [0.1, 0.15) is 23.1 Å². The zero-order valence-corrected chi connectivity index (χ0v) is 12.4.